The molecule has 1 unspecified atom stereocenters. The second kappa shape index (κ2) is 10.8. The van der Waals surface area contributed by atoms with E-state index >= 15 is 0 Å². The minimum atomic E-state index is -0.454. The molecule has 1 N–H and O–H groups in total. The summed E-state index contributed by atoms with van der Waals surface area (Å²) in [6.07, 6.45) is 6.17. The summed E-state index contributed by atoms with van der Waals surface area (Å²) >= 11 is 0. The van der Waals surface area contributed by atoms with Crippen molar-refractivity contribution in [1.29, 1.82) is 0 Å². The van der Waals surface area contributed by atoms with Crippen molar-refractivity contribution < 1.29 is 14.6 Å². The molecule has 1 rings (SSSR count). The van der Waals surface area contributed by atoms with Gasteiger partial charge in [-0.3, -0.25) is 0 Å². The molecule has 3 nitrogen and oxygen atoms in total. The SMILES string of the molecule is CCOC(=O)/C=C/C(CC)=C(/CC)CCC(O)c1ccccc1. The van der Waals surface area contributed by atoms with Gasteiger partial charge in [0.15, 0.2) is 0 Å². The van der Waals surface area contributed by atoms with Gasteiger partial charge in [-0.1, -0.05) is 55.8 Å². The van der Waals surface area contributed by atoms with Crippen molar-refractivity contribution in [2.45, 2.75) is 52.6 Å². The highest BCUT2D eigenvalue weighted by Gasteiger charge is 2.09. The Balaban J connectivity index is 2.73. The van der Waals surface area contributed by atoms with Crippen LogP contribution in [0.4, 0.5) is 0 Å². The average molecular weight is 316 g/mol. The molecular weight excluding hydrogens is 288 g/mol. The van der Waals surface area contributed by atoms with E-state index in [1.165, 1.54) is 11.6 Å². The third kappa shape index (κ3) is 6.83. The fourth-order valence-electron chi connectivity index (χ4n) is 2.56. The minimum Gasteiger partial charge on any atom is -0.463 e. The lowest BCUT2D eigenvalue weighted by Crippen LogP contribution is -2.01. The third-order valence-corrected chi connectivity index (χ3v) is 3.87. The first-order chi connectivity index (χ1) is 11.1. The summed E-state index contributed by atoms with van der Waals surface area (Å²) in [7, 11) is 0. The fraction of sp³-hybridized carbons (Fsp3) is 0.450. The van der Waals surface area contributed by atoms with Gasteiger partial charge in [0.2, 0.25) is 0 Å². The standard InChI is InChI=1S/C20H28O3/c1-4-16(17(5-2)13-15-20(22)23-6-3)12-14-19(21)18-10-8-7-9-11-18/h7-11,13,15,19,21H,4-6,12,14H2,1-3H3/b15-13+,17-16-. The average Bonchev–Trinajstić information content (AvgIpc) is 2.58. The van der Waals surface area contributed by atoms with Crippen LogP contribution in [-0.4, -0.2) is 17.7 Å². The van der Waals surface area contributed by atoms with E-state index in [-0.39, 0.29) is 5.97 Å². The molecule has 1 aromatic carbocycles. The van der Waals surface area contributed by atoms with Crippen LogP contribution in [-0.2, 0) is 9.53 Å². The maximum absolute atomic E-state index is 11.5. The van der Waals surface area contributed by atoms with Gasteiger partial charge >= 0.3 is 5.97 Å². The van der Waals surface area contributed by atoms with E-state index in [4.69, 9.17) is 4.74 Å². The van der Waals surface area contributed by atoms with Crippen LogP contribution in [0.25, 0.3) is 0 Å². The summed E-state index contributed by atoms with van der Waals surface area (Å²) in [6.45, 7) is 6.37. The van der Waals surface area contributed by atoms with E-state index < -0.39 is 6.10 Å². The van der Waals surface area contributed by atoms with Crippen molar-refractivity contribution in [2.75, 3.05) is 6.61 Å². The van der Waals surface area contributed by atoms with Gasteiger partial charge in [0.1, 0.15) is 0 Å². The number of aliphatic hydroxyl groups is 1. The van der Waals surface area contributed by atoms with Crippen LogP contribution in [0, 0.1) is 0 Å². The summed E-state index contributed by atoms with van der Waals surface area (Å²) in [5, 5.41) is 10.3. The highest BCUT2D eigenvalue weighted by atomic mass is 16.5. The number of hydrogen-bond donors (Lipinski definition) is 1. The smallest absolute Gasteiger partial charge is 0.330 e. The fourth-order valence-corrected chi connectivity index (χ4v) is 2.56. The van der Waals surface area contributed by atoms with Crippen molar-refractivity contribution in [3.05, 3.63) is 59.2 Å². The van der Waals surface area contributed by atoms with E-state index in [0.717, 1.165) is 30.4 Å². The van der Waals surface area contributed by atoms with E-state index in [9.17, 15) is 9.90 Å². The molecule has 0 spiro atoms. The summed E-state index contributed by atoms with van der Waals surface area (Å²) < 4.78 is 4.92. The van der Waals surface area contributed by atoms with Crippen LogP contribution in [0.3, 0.4) is 0 Å². The number of esters is 1. The first kappa shape index (κ1) is 19.2. The van der Waals surface area contributed by atoms with E-state index in [2.05, 4.69) is 13.8 Å². The van der Waals surface area contributed by atoms with Gasteiger partial charge in [-0.15, -0.1) is 0 Å². The predicted octanol–water partition coefficient (Wildman–Crippen LogP) is 4.74. The Kier molecular flexibility index (Phi) is 9.00. The Morgan fingerprint density at radius 3 is 2.39 bits per heavy atom. The lowest BCUT2D eigenvalue weighted by atomic mass is 9.95. The highest BCUT2D eigenvalue weighted by molar-refractivity contribution is 5.82. The molecule has 0 aromatic heterocycles. The number of ether oxygens (including phenoxy) is 1. The number of aliphatic hydroxyl groups excluding tert-OH is 1. The van der Waals surface area contributed by atoms with Gasteiger partial charge in [-0.25, -0.2) is 4.79 Å². The second-order valence-corrected chi connectivity index (χ2v) is 5.39. The summed E-state index contributed by atoms with van der Waals surface area (Å²) in [4.78, 5) is 11.5. The topological polar surface area (TPSA) is 46.5 Å². The normalized spacial score (nSPS) is 13.7. The number of carbonyl (C=O) groups is 1. The number of allylic oxidation sites excluding steroid dienone is 3. The molecule has 1 atom stereocenters. The van der Waals surface area contributed by atoms with Crippen molar-refractivity contribution in [3.8, 4) is 0 Å². The largest absolute Gasteiger partial charge is 0.463 e. The van der Waals surface area contributed by atoms with E-state index in [1.54, 1.807) is 6.92 Å². The van der Waals surface area contributed by atoms with E-state index in [0.29, 0.717) is 13.0 Å². The molecule has 3 heteroatoms. The first-order valence-corrected chi connectivity index (χ1v) is 8.41. The molecule has 23 heavy (non-hydrogen) atoms. The maximum Gasteiger partial charge on any atom is 0.330 e. The highest BCUT2D eigenvalue weighted by Crippen LogP contribution is 2.25. The Morgan fingerprint density at radius 2 is 1.83 bits per heavy atom. The molecule has 0 bridgehead atoms. The van der Waals surface area contributed by atoms with Crippen LogP contribution in [0.15, 0.2) is 53.6 Å². The van der Waals surface area contributed by atoms with Crippen LogP contribution in [0.2, 0.25) is 0 Å². The Labute approximate surface area is 139 Å². The molecule has 126 valence electrons. The van der Waals surface area contributed by atoms with Gasteiger partial charge in [-0.05, 0) is 43.7 Å². The Morgan fingerprint density at radius 1 is 1.13 bits per heavy atom. The Hall–Kier alpha value is -1.87. The van der Waals surface area contributed by atoms with Gasteiger partial charge in [-0.2, -0.15) is 0 Å². The molecule has 0 heterocycles. The number of carbonyl (C=O) groups excluding carboxylic acids is 1. The zero-order chi connectivity index (χ0) is 17.1. The van der Waals surface area contributed by atoms with Crippen molar-refractivity contribution in [2.24, 2.45) is 0 Å². The molecule has 0 aliphatic heterocycles. The Bertz CT molecular complexity index is 529. The lowest BCUT2D eigenvalue weighted by Gasteiger charge is -2.14. The zero-order valence-corrected chi connectivity index (χ0v) is 14.4. The summed E-state index contributed by atoms with van der Waals surface area (Å²) in [5.74, 6) is -0.307. The molecule has 0 aliphatic carbocycles. The third-order valence-electron chi connectivity index (χ3n) is 3.87. The number of rotatable bonds is 9. The molecule has 0 saturated carbocycles. The van der Waals surface area contributed by atoms with Crippen LogP contribution in [0.1, 0.15) is 58.1 Å². The van der Waals surface area contributed by atoms with Gasteiger partial charge in [0, 0.05) is 6.08 Å². The predicted molar refractivity (Wildman–Crippen MR) is 94.0 cm³/mol. The van der Waals surface area contributed by atoms with Crippen LogP contribution >= 0.6 is 0 Å². The van der Waals surface area contributed by atoms with Crippen LogP contribution < -0.4 is 0 Å². The maximum atomic E-state index is 11.5. The van der Waals surface area contributed by atoms with Crippen LogP contribution in [0.5, 0.6) is 0 Å². The summed E-state index contributed by atoms with van der Waals surface area (Å²) in [6, 6.07) is 9.72. The quantitative estimate of drug-likeness (QED) is 0.407. The molecule has 0 radical (unpaired) electrons. The minimum absolute atomic E-state index is 0.307. The van der Waals surface area contributed by atoms with Gasteiger partial charge < -0.3 is 9.84 Å². The molecule has 0 fully saturated rings. The molecule has 1 aromatic rings. The monoisotopic (exact) mass is 316 g/mol. The molecule has 0 amide bonds. The molecule has 0 saturated heterocycles. The van der Waals surface area contributed by atoms with Gasteiger partial charge in [0.25, 0.3) is 0 Å². The van der Waals surface area contributed by atoms with Crippen molar-refractivity contribution >= 4 is 5.97 Å². The molecular formula is C20H28O3. The van der Waals surface area contributed by atoms with Crippen molar-refractivity contribution in [1.82, 2.24) is 0 Å². The van der Waals surface area contributed by atoms with E-state index in [1.807, 2.05) is 36.4 Å². The summed E-state index contributed by atoms with van der Waals surface area (Å²) in [5.41, 5.74) is 3.38. The molecule has 0 aliphatic rings. The van der Waals surface area contributed by atoms with Crippen molar-refractivity contribution in [3.63, 3.8) is 0 Å². The zero-order valence-electron chi connectivity index (χ0n) is 14.4. The second-order valence-electron chi connectivity index (χ2n) is 5.39. The number of benzene rings is 1. The van der Waals surface area contributed by atoms with Gasteiger partial charge in [0.05, 0.1) is 12.7 Å². The lowest BCUT2D eigenvalue weighted by molar-refractivity contribution is -0.137. The first-order valence-electron chi connectivity index (χ1n) is 8.41. The number of hydrogen-bond acceptors (Lipinski definition) is 3.